The van der Waals surface area contributed by atoms with E-state index in [9.17, 15) is 9.18 Å². The van der Waals surface area contributed by atoms with Crippen LogP contribution >= 0.6 is 11.6 Å². The zero-order valence-electron chi connectivity index (χ0n) is 15.2. The molecule has 1 aromatic carbocycles. The van der Waals surface area contributed by atoms with Crippen LogP contribution in [0.3, 0.4) is 0 Å². The van der Waals surface area contributed by atoms with Crippen LogP contribution in [-0.2, 0) is 9.53 Å². The zero-order chi connectivity index (χ0) is 19.5. The van der Waals surface area contributed by atoms with Gasteiger partial charge in [0.05, 0.1) is 23.4 Å². The molecule has 0 amide bonds. The molecule has 0 fully saturated rings. The van der Waals surface area contributed by atoms with E-state index in [0.29, 0.717) is 29.7 Å². The Bertz CT molecular complexity index is 814. The Morgan fingerprint density at radius 3 is 2.65 bits per heavy atom. The molecule has 0 saturated heterocycles. The SMILES string of the molecule is CCOC(=O)C(C)(C)CN(C)c1nnc(-c2cc(Cl)ccc2F)cc1N. The Hall–Kier alpha value is -2.41. The van der Waals surface area contributed by atoms with Crippen LogP contribution in [0.2, 0.25) is 5.02 Å². The Morgan fingerprint density at radius 1 is 1.35 bits per heavy atom. The number of benzene rings is 1. The molecular weight excluding hydrogens is 359 g/mol. The van der Waals surface area contributed by atoms with Gasteiger partial charge in [0.15, 0.2) is 5.82 Å². The van der Waals surface area contributed by atoms with Crippen LogP contribution in [0.5, 0.6) is 0 Å². The highest BCUT2D eigenvalue weighted by molar-refractivity contribution is 6.30. The highest BCUT2D eigenvalue weighted by atomic mass is 35.5. The van der Waals surface area contributed by atoms with Gasteiger partial charge in [-0.25, -0.2) is 4.39 Å². The molecule has 0 aliphatic rings. The minimum atomic E-state index is -0.753. The summed E-state index contributed by atoms with van der Waals surface area (Å²) in [5.41, 5.74) is 6.15. The Kier molecular flexibility index (Phi) is 6.02. The van der Waals surface area contributed by atoms with E-state index in [0.717, 1.165) is 0 Å². The van der Waals surface area contributed by atoms with Crippen molar-refractivity contribution in [3.05, 3.63) is 35.1 Å². The molecule has 2 aromatic rings. The lowest BCUT2D eigenvalue weighted by Crippen LogP contribution is -2.39. The van der Waals surface area contributed by atoms with E-state index in [4.69, 9.17) is 22.1 Å². The summed E-state index contributed by atoms with van der Waals surface area (Å²) in [7, 11) is 1.75. The molecule has 0 atom stereocenters. The lowest BCUT2D eigenvalue weighted by atomic mass is 9.93. The van der Waals surface area contributed by atoms with Gasteiger partial charge in [-0.05, 0) is 45.0 Å². The van der Waals surface area contributed by atoms with Crippen LogP contribution in [-0.4, -0.2) is 36.4 Å². The molecule has 0 aliphatic carbocycles. The number of hydrogen-bond donors (Lipinski definition) is 1. The number of nitrogens with two attached hydrogens (primary N) is 1. The lowest BCUT2D eigenvalue weighted by molar-refractivity contribution is -0.152. The first-order valence-corrected chi connectivity index (χ1v) is 8.50. The molecule has 26 heavy (non-hydrogen) atoms. The first kappa shape index (κ1) is 19.9. The number of anilines is 2. The molecule has 1 heterocycles. The smallest absolute Gasteiger partial charge is 0.313 e. The first-order valence-electron chi connectivity index (χ1n) is 8.12. The van der Waals surface area contributed by atoms with Crippen LogP contribution in [0.4, 0.5) is 15.9 Å². The monoisotopic (exact) mass is 380 g/mol. The predicted octanol–water partition coefficient (Wildman–Crippen LogP) is 3.54. The van der Waals surface area contributed by atoms with E-state index >= 15 is 0 Å². The van der Waals surface area contributed by atoms with Gasteiger partial charge in [-0.1, -0.05) is 11.6 Å². The van der Waals surface area contributed by atoms with Crippen molar-refractivity contribution < 1.29 is 13.9 Å². The first-order chi connectivity index (χ1) is 12.2. The minimum Gasteiger partial charge on any atom is -0.466 e. The van der Waals surface area contributed by atoms with E-state index in [2.05, 4.69) is 10.2 Å². The molecular formula is C18H22ClFN4O2. The predicted molar refractivity (Wildman–Crippen MR) is 101 cm³/mol. The van der Waals surface area contributed by atoms with Crippen LogP contribution in [0.25, 0.3) is 11.3 Å². The Morgan fingerprint density at radius 2 is 2.04 bits per heavy atom. The molecule has 2 rings (SSSR count). The summed E-state index contributed by atoms with van der Waals surface area (Å²) in [4.78, 5) is 13.8. The molecule has 0 bridgehead atoms. The number of nitrogens with zero attached hydrogens (tertiary/aromatic N) is 3. The Balaban J connectivity index is 2.26. The summed E-state index contributed by atoms with van der Waals surface area (Å²) in [5.74, 6) is -0.378. The summed E-state index contributed by atoms with van der Waals surface area (Å²) in [6.07, 6.45) is 0. The number of halogens is 2. The van der Waals surface area contributed by atoms with Gasteiger partial charge < -0.3 is 15.4 Å². The van der Waals surface area contributed by atoms with E-state index in [1.807, 2.05) is 0 Å². The fourth-order valence-corrected chi connectivity index (χ4v) is 2.75. The lowest BCUT2D eigenvalue weighted by Gasteiger charge is -2.29. The number of rotatable bonds is 6. The highest BCUT2D eigenvalue weighted by Gasteiger charge is 2.31. The van der Waals surface area contributed by atoms with Crippen molar-refractivity contribution in [3.63, 3.8) is 0 Å². The molecule has 140 valence electrons. The van der Waals surface area contributed by atoms with Gasteiger partial charge in [0.1, 0.15) is 5.82 Å². The van der Waals surface area contributed by atoms with Crippen molar-refractivity contribution in [3.8, 4) is 11.3 Å². The average Bonchev–Trinajstić information content (AvgIpc) is 2.56. The highest BCUT2D eigenvalue weighted by Crippen LogP contribution is 2.29. The second kappa shape index (κ2) is 7.86. The van der Waals surface area contributed by atoms with Crippen LogP contribution in [0.1, 0.15) is 20.8 Å². The quantitative estimate of drug-likeness (QED) is 0.772. The topological polar surface area (TPSA) is 81.3 Å². The normalized spacial score (nSPS) is 11.3. The molecule has 0 saturated carbocycles. The molecule has 2 N–H and O–H groups in total. The maximum atomic E-state index is 14.0. The molecule has 8 heteroatoms. The maximum absolute atomic E-state index is 14.0. The standard InChI is InChI=1S/C18H22ClFN4O2/c1-5-26-17(25)18(2,3)10-24(4)16-14(21)9-15(22-23-16)12-8-11(19)6-7-13(12)20/h6-9H,5,10H2,1-4H3,(H2,21,22). The van der Waals surface area contributed by atoms with Crippen LogP contribution in [0, 0.1) is 11.2 Å². The summed E-state index contributed by atoms with van der Waals surface area (Å²) < 4.78 is 19.1. The fraction of sp³-hybridized carbons (Fsp3) is 0.389. The van der Waals surface area contributed by atoms with Gasteiger partial charge in [-0.2, -0.15) is 0 Å². The van der Waals surface area contributed by atoms with Gasteiger partial charge in [0, 0.05) is 24.2 Å². The number of carbonyl (C=O) groups excluding carboxylic acids is 1. The summed E-state index contributed by atoms with van der Waals surface area (Å²) >= 11 is 5.92. The molecule has 0 spiro atoms. The van der Waals surface area contributed by atoms with Crippen molar-refractivity contribution in [2.24, 2.45) is 5.41 Å². The Labute approximate surface area is 157 Å². The maximum Gasteiger partial charge on any atom is 0.313 e. The number of esters is 1. The van der Waals surface area contributed by atoms with E-state index in [1.54, 1.807) is 32.7 Å². The summed E-state index contributed by atoms with van der Waals surface area (Å²) in [6, 6.07) is 5.72. The number of nitrogen functional groups attached to an aromatic ring is 1. The van der Waals surface area contributed by atoms with Gasteiger partial charge >= 0.3 is 5.97 Å². The van der Waals surface area contributed by atoms with Gasteiger partial charge in [0.25, 0.3) is 0 Å². The van der Waals surface area contributed by atoms with Gasteiger partial charge in [-0.3, -0.25) is 4.79 Å². The molecule has 6 nitrogen and oxygen atoms in total. The molecule has 0 radical (unpaired) electrons. The van der Waals surface area contributed by atoms with Crippen molar-refractivity contribution in [2.45, 2.75) is 20.8 Å². The van der Waals surface area contributed by atoms with E-state index in [-0.39, 0.29) is 17.2 Å². The molecule has 0 aliphatic heterocycles. The minimum absolute atomic E-state index is 0.220. The van der Waals surface area contributed by atoms with Crippen molar-refractivity contribution in [2.75, 3.05) is 30.8 Å². The van der Waals surface area contributed by atoms with Crippen molar-refractivity contribution in [1.82, 2.24) is 10.2 Å². The number of ether oxygens (including phenoxy) is 1. The largest absolute Gasteiger partial charge is 0.466 e. The van der Waals surface area contributed by atoms with Gasteiger partial charge in [-0.15, -0.1) is 10.2 Å². The van der Waals surface area contributed by atoms with E-state index < -0.39 is 11.2 Å². The number of carbonyl (C=O) groups is 1. The van der Waals surface area contributed by atoms with Crippen molar-refractivity contribution in [1.29, 1.82) is 0 Å². The second-order valence-electron chi connectivity index (χ2n) is 6.59. The van der Waals surface area contributed by atoms with Crippen LogP contribution in [0.15, 0.2) is 24.3 Å². The third kappa shape index (κ3) is 4.40. The third-order valence-electron chi connectivity index (χ3n) is 3.83. The van der Waals surface area contributed by atoms with Gasteiger partial charge in [0.2, 0.25) is 0 Å². The second-order valence-corrected chi connectivity index (χ2v) is 7.03. The molecule has 0 unspecified atom stereocenters. The van der Waals surface area contributed by atoms with Crippen molar-refractivity contribution >= 4 is 29.1 Å². The number of hydrogen-bond acceptors (Lipinski definition) is 6. The summed E-state index contributed by atoms with van der Waals surface area (Å²) in [6.45, 7) is 5.96. The van der Waals surface area contributed by atoms with Crippen LogP contribution < -0.4 is 10.6 Å². The molecule has 1 aromatic heterocycles. The third-order valence-corrected chi connectivity index (χ3v) is 4.06. The zero-order valence-corrected chi connectivity index (χ0v) is 16.0. The summed E-state index contributed by atoms with van der Waals surface area (Å²) in [5, 5.41) is 8.55. The average molecular weight is 381 g/mol. The van der Waals surface area contributed by atoms with E-state index in [1.165, 1.54) is 24.3 Å². The fourth-order valence-electron chi connectivity index (χ4n) is 2.58. The number of aromatic nitrogens is 2.